The van der Waals surface area contributed by atoms with E-state index in [0.29, 0.717) is 11.8 Å². The number of benzene rings is 4. The summed E-state index contributed by atoms with van der Waals surface area (Å²) in [4.78, 5) is 5.20. The highest BCUT2D eigenvalue weighted by Gasteiger charge is 2.23. The molecule has 4 aromatic carbocycles. The van der Waals surface area contributed by atoms with Gasteiger partial charge in [-0.05, 0) is 69.3 Å². The van der Waals surface area contributed by atoms with Crippen molar-refractivity contribution < 1.29 is 0 Å². The monoisotopic (exact) mass is 486 g/mol. The van der Waals surface area contributed by atoms with Gasteiger partial charge in [0, 0.05) is 5.56 Å². The highest BCUT2D eigenvalue weighted by atomic mass is 15.1. The summed E-state index contributed by atoms with van der Waals surface area (Å²) in [5.74, 6) is 1.71. The van der Waals surface area contributed by atoms with Crippen LogP contribution in [-0.2, 0) is 5.41 Å². The Morgan fingerprint density at radius 1 is 0.622 bits per heavy atom. The van der Waals surface area contributed by atoms with Crippen LogP contribution < -0.4 is 0 Å². The fourth-order valence-electron chi connectivity index (χ4n) is 5.18. The zero-order valence-corrected chi connectivity index (χ0v) is 23.2. The fourth-order valence-corrected chi connectivity index (χ4v) is 5.18. The van der Waals surface area contributed by atoms with E-state index in [2.05, 4.69) is 144 Å². The maximum Gasteiger partial charge on any atom is 0.145 e. The Labute approximate surface area is 222 Å². The summed E-state index contributed by atoms with van der Waals surface area (Å²) in [6.45, 7) is 16.0. The Morgan fingerprint density at radius 3 is 1.76 bits per heavy atom. The molecule has 5 rings (SSSR count). The van der Waals surface area contributed by atoms with Gasteiger partial charge in [0.1, 0.15) is 5.82 Å². The largest absolute Gasteiger partial charge is 0.292 e. The molecule has 0 bridgehead atoms. The second-order valence-electron chi connectivity index (χ2n) is 11.8. The second-order valence-corrected chi connectivity index (χ2v) is 11.8. The number of hydrogen-bond donors (Lipinski definition) is 0. The van der Waals surface area contributed by atoms with Crippen LogP contribution in [0.4, 0.5) is 0 Å². The van der Waals surface area contributed by atoms with Gasteiger partial charge in [0.15, 0.2) is 0 Å². The number of nitrogens with zero attached hydrogens (tertiary/aromatic N) is 2. The quantitative estimate of drug-likeness (QED) is 0.242. The zero-order valence-electron chi connectivity index (χ0n) is 23.2. The molecule has 0 spiro atoms. The molecule has 5 aromatic rings. The van der Waals surface area contributed by atoms with Gasteiger partial charge < -0.3 is 0 Å². The molecule has 2 nitrogen and oxygen atoms in total. The molecular formula is C35H38N2. The molecule has 0 saturated heterocycles. The molecule has 0 amide bonds. The number of para-hydroxylation sites is 2. The zero-order chi connectivity index (χ0) is 26.3. The molecule has 0 aliphatic carbocycles. The number of hydrogen-bond acceptors (Lipinski definition) is 1. The molecular weight excluding hydrogens is 448 g/mol. The van der Waals surface area contributed by atoms with Gasteiger partial charge in [-0.3, -0.25) is 4.57 Å². The van der Waals surface area contributed by atoms with Crippen LogP contribution in [0.25, 0.3) is 39.2 Å². The molecule has 0 aliphatic heterocycles. The lowest BCUT2D eigenvalue weighted by atomic mass is 9.86. The Balaban J connectivity index is 1.83. The van der Waals surface area contributed by atoms with E-state index in [4.69, 9.17) is 4.98 Å². The van der Waals surface area contributed by atoms with E-state index in [9.17, 15) is 0 Å². The van der Waals surface area contributed by atoms with Crippen molar-refractivity contribution in [2.24, 2.45) is 0 Å². The average molecular weight is 487 g/mol. The molecule has 0 fully saturated rings. The van der Waals surface area contributed by atoms with Gasteiger partial charge in [-0.2, -0.15) is 0 Å². The third-order valence-electron chi connectivity index (χ3n) is 7.31. The average Bonchev–Trinajstić information content (AvgIpc) is 3.27. The maximum absolute atomic E-state index is 5.20. The van der Waals surface area contributed by atoms with Crippen LogP contribution in [0.15, 0.2) is 91.0 Å². The van der Waals surface area contributed by atoms with Crippen LogP contribution in [0.3, 0.4) is 0 Å². The first-order chi connectivity index (χ1) is 17.6. The van der Waals surface area contributed by atoms with Crippen molar-refractivity contribution >= 4 is 11.0 Å². The summed E-state index contributed by atoms with van der Waals surface area (Å²) in [7, 11) is 0. The number of rotatable bonds is 5. The Bertz CT molecular complexity index is 1500. The number of fused-ring (bicyclic) bond motifs is 1. The summed E-state index contributed by atoms with van der Waals surface area (Å²) < 4.78 is 2.42. The van der Waals surface area contributed by atoms with Crippen LogP contribution in [0.2, 0.25) is 0 Å². The van der Waals surface area contributed by atoms with Crippen molar-refractivity contribution in [3.05, 3.63) is 108 Å². The molecule has 0 aliphatic rings. The van der Waals surface area contributed by atoms with Gasteiger partial charge >= 0.3 is 0 Å². The predicted molar refractivity (Wildman–Crippen MR) is 159 cm³/mol. The van der Waals surface area contributed by atoms with E-state index in [1.807, 2.05) is 0 Å². The van der Waals surface area contributed by atoms with Crippen molar-refractivity contribution in [3.8, 4) is 28.2 Å². The number of imidazole rings is 1. The van der Waals surface area contributed by atoms with E-state index in [1.165, 1.54) is 33.5 Å². The molecule has 2 heteroatoms. The fraction of sp³-hybridized carbons (Fsp3) is 0.286. The van der Waals surface area contributed by atoms with Crippen molar-refractivity contribution in [1.82, 2.24) is 9.55 Å². The van der Waals surface area contributed by atoms with Gasteiger partial charge in [-0.15, -0.1) is 0 Å². The minimum atomic E-state index is 0.113. The van der Waals surface area contributed by atoms with Gasteiger partial charge in [0.05, 0.1) is 16.7 Å². The summed E-state index contributed by atoms with van der Waals surface area (Å²) in [6.07, 6.45) is 0. The van der Waals surface area contributed by atoms with Crippen LogP contribution in [-0.4, -0.2) is 9.55 Å². The van der Waals surface area contributed by atoms with Crippen LogP contribution in [0.1, 0.15) is 77.0 Å². The first-order valence-electron chi connectivity index (χ1n) is 13.5. The van der Waals surface area contributed by atoms with E-state index >= 15 is 0 Å². The van der Waals surface area contributed by atoms with E-state index < -0.39 is 0 Å². The topological polar surface area (TPSA) is 17.8 Å². The first-order valence-corrected chi connectivity index (χ1v) is 13.5. The number of aromatic nitrogens is 2. The lowest BCUT2D eigenvalue weighted by Crippen LogP contribution is -2.11. The summed E-state index contributed by atoms with van der Waals surface area (Å²) in [5.41, 5.74) is 11.3. The standard InChI is InChI=1S/C35H38N2/c1-23(2)29-21-27(25-13-9-8-10-14-25)22-30(24(3)4)33(29)37-32-16-12-11-15-31(32)36-34(37)26-17-19-28(20-18-26)35(5,6)7/h8-24H,1-7H3. The van der Waals surface area contributed by atoms with E-state index in [1.54, 1.807) is 0 Å². The van der Waals surface area contributed by atoms with Crippen LogP contribution in [0.5, 0.6) is 0 Å². The minimum absolute atomic E-state index is 0.113. The Morgan fingerprint density at radius 2 is 1.19 bits per heavy atom. The summed E-state index contributed by atoms with van der Waals surface area (Å²) >= 11 is 0. The summed E-state index contributed by atoms with van der Waals surface area (Å²) in [6, 6.07) is 33.0. The van der Waals surface area contributed by atoms with Crippen molar-refractivity contribution in [2.75, 3.05) is 0 Å². The summed E-state index contributed by atoms with van der Waals surface area (Å²) in [5, 5.41) is 0. The third-order valence-corrected chi connectivity index (χ3v) is 7.31. The molecule has 0 unspecified atom stereocenters. The Hall–Kier alpha value is -3.65. The molecule has 0 saturated carbocycles. The molecule has 0 N–H and O–H groups in total. The normalized spacial score (nSPS) is 12.1. The molecule has 37 heavy (non-hydrogen) atoms. The Kier molecular flexibility index (Phi) is 6.54. The lowest BCUT2D eigenvalue weighted by Gasteiger charge is -2.24. The lowest BCUT2D eigenvalue weighted by molar-refractivity contribution is 0.590. The minimum Gasteiger partial charge on any atom is -0.292 e. The predicted octanol–water partition coefficient (Wildman–Crippen LogP) is 9.90. The third kappa shape index (κ3) is 4.73. The molecule has 0 radical (unpaired) electrons. The van der Waals surface area contributed by atoms with E-state index in [-0.39, 0.29) is 5.41 Å². The highest BCUT2D eigenvalue weighted by molar-refractivity contribution is 5.85. The van der Waals surface area contributed by atoms with Crippen LogP contribution in [0, 0.1) is 0 Å². The highest BCUT2D eigenvalue weighted by Crippen LogP contribution is 2.40. The molecule has 0 atom stereocenters. The molecule has 188 valence electrons. The molecule has 1 heterocycles. The second kappa shape index (κ2) is 9.67. The van der Waals surface area contributed by atoms with Crippen molar-refractivity contribution in [2.45, 2.75) is 65.7 Å². The first kappa shape index (κ1) is 25.0. The van der Waals surface area contributed by atoms with Gasteiger partial charge in [-0.1, -0.05) is 115 Å². The smallest absolute Gasteiger partial charge is 0.145 e. The van der Waals surface area contributed by atoms with Crippen molar-refractivity contribution in [3.63, 3.8) is 0 Å². The van der Waals surface area contributed by atoms with Gasteiger partial charge in [0.25, 0.3) is 0 Å². The van der Waals surface area contributed by atoms with Gasteiger partial charge in [-0.25, -0.2) is 4.98 Å². The van der Waals surface area contributed by atoms with E-state index in [0.717, 1.165) is 22.4 Å². The van der Waals surface area contributed by atoms with Crippen LogP contribution >= 0.6 is 0 Å². The maximum atomic E-state index is 5.20. The van der Waals surface area contributed by atoms with Crippen molar-refractivity contribution in [1.29, 1.82) is 0 Å². The molecule has 1 aromatic heterocycles. The van der Waals surface area contributed by atoms with Gasteiger partial charge in [0.2, 0.25) is 0 Å². The SMILES string of the molecule is CC(C)c1cc(-c2ccccc2)cc(C(C)C)c1-n1c(-c2ccc(C(C)(C)C)cc2)nc2ccccc21.